The topological polar surface area (TPSA) is 95.6 Å². The maximum atomic E-state index is 10.6. The number of nitro benzene ring substituents is 1. The molecule has 0 fully saturated rings. The van der Waals surface area contributed by atoms with Crippen LogP contribution in [-0.4, -0.2) is 34.4 Å². The van der Waals surface area contributed by atoms with E-state index < -0.39 is 11.0 Å². The highest BCUT2D eigenvalue weighted by Gasteiger charge is 2.15. The Balaban J connectivity index is 2.88. The summed E-state index contributed by atoms with van der Waals surface area (Å²) in [5.74, 6) is 0. The van der Waals surface area contributed by atoms with Gasteiger partial charge in [0.1, 0.15) is 5.69 Å². The molecule has 0 aliphatic rings. The van der Waals surface area contributed by atoms with E-state index >= 15 is 0 Å². The smallest absolute Gasteiger partial charge is 0.292 e. The number of hydrogen-bond donors (Lipinski definition) is 3. The molecule has 0 heterocycles. The maximum absolute atomic E-state index is 10.6. The lowest BCUT2D eigenvalue weighted by Crippen LogP contribution is -2.27. The predicted octanol–water partition coefficient (Wildman–Crippen LogP) is 0.360. The number of aliphatic hydroxyl groups is 2. The number of aliphatic hydroxyl groups excluding tert-OH is 2. The molecule has 0 aliphatic carbocycles. The predicted molar refractivity (Wildman–Crippen MR) is 54.7 cm³/mol. The van der Waals surface area contributed by atoms with Crippen LogP contribution in [0.15, 0.2) is 24.3 Å². The van der Waals surface area contributed by atoms with E-state index in [1.54, 1.807) is 12.1 Å². The van der Waals surface area contributed by atoms with E-state index in [0.29, 0.717) is 0 Å². The fraction of sp³-hybridized carbons (Fsp3) is 0.333. The largest absolute Gasteiger partial charge is 0.394 e. The summed E-state index contributed by atoms with van der Waals surface area (Å²) in [5, 5.41) is 31.0. The van der Waals surface area contributed by atoms with Crippen molar-refractivity contribution in [1.29, 1.82) is 0 Å². The molecular weight excluding hydrogens is 200 g/mol. The van der Waals surface area contributed by atoms with E-state index in [2.05, 4.69) is 5.32 Å². The second-order valence-corrected chi connectivity index (χ2v) is 2.98. The zero-order valence-electron chi connectivity index (χ0n) is 7.96. The molecule has 0 saturated carbocycles. The molecule has 1 aromatic rings. The number of para-hydroxylation sites is 2. The van der Waals surface area contributed by atoms with Gasteiger partial charge in [0.25, 0.3) is 5.69 Å². The molecule has 0 bridgehead atoms. The minimum Gasteiger partial charge on any atom is -0.394 e. The molecule has 0 unspecified atom stereocenters. The fourth-order valence-electron chi connectivity index (χ4n) is 1.12. The SMILES string of the molecule is O=[N+]([O-])c1ccccc1NC(CO)CO. The van der Waals surface area contributed by atoms with E-state index in [1.807, 2.05) is 0 Å². The lowest BCUT2D eigenvalue weighted by Gasteiger charge is -2.14. The van der Waals surface area contributed by atoms with Crippen LogP contribution in [-0.2, 0) is 0 Å². The van der Waals surface area contributed by atoms with Gasteiger partial charge in [0.15, 0.2) is 0 Å². The van der Waals surface area contributed by atoms with Crippen molar-refractivity contribution in [3.8, 4) is 0 Å². The first-order chi connectivity index (χ1) is 7.19. The first-order valence-electron chi connectivity index (χ1n) is 4.40. The third kappa shape index (κ3) is 2.90. The minimum atomic E-state index is -0.592. The first kappa shape index (κ1) is 11.4. The molecule has 0 atom stereocenters. The molecular formula is C9H12N2O4. The standard InChI is InChI=1S/C9H12N2O4/c12-5-7(6-13)10-8-3-1-2-4-9(8)11(14)15/h1-4,7,10,12-13H,5-6H2. The summed E-state index contributed by atoms with van der Waals surface area (Å²) >= 11 is 0. The van der Waals surface area contributed by atoms with Crippen LogP contribution in [0.1, 0.15) is 0 Å². The van der Waals surface area contributed by atoms with Crippen molar-refractivity contribution < 1.29 is 15.1 Å². The number of nitro groups is 1. The van der Waals surface area contributed by atoms with Gasteiger partial charge in [0.2, 0.25) is 0 Å². The second kappa shape index (κ2) is 5.28. The molecule has 1 rings (SSSR count). The Morgan fingerprint density at radius 3 is 2.47 bits per heavy atom. The number of anilines is 1. The van der Waals surface area contributed by atoms with Crippen LogP contribution in [0.5, 0.6) is 0 Å². The number of hydrogen-bond acceptors (Lipinski definition) is 5. The van der Waals surface area contributed by atoms with Crippen molar-refractivity contribution in [2.45, 2.75) is 6.04 Å². The van der Waals surface area contributed by atoms with Gasteiger partial charge in [-0.2, -0.15) is 0 Å². The molecule has 0 amide bonds. The molecule has 1 aromatic carbocycles. The molecule has 82 valence electrons. The Hall–Kier alpha value is -1.66. The van der Waals surface area contributed by atoms with Gasteiger partial charge in [-0.25, -0.2) is 0 Å². The van der Waals surface area contributed by atoms with Gasteiger partial charge in [-0.15, -0.1) is 0 Å². The van der Waals surface area contributed by atoms with Crippen molar-refractivity contribution in [1.82, 2.24) is 0 Å². The van der Waals surface area contributed by atoms with Gasteiger partial charge in [-0.05, 0) is 6.07 Å². The zero-order valence-corrected chi connectivity index (χ0v) is 7.96. The van der Waals surface area contributed by atoms with E-state index in [4.69, 9.17) is 10.2 Å². The number of nitrogens with zero attached hydrogens (tertiary/aromatic N) is 1. The van der Waals surface area contributed by atoms with Crippen molar-refractivity contribution in [3.63, 3.8) is 0 Å². The van der Waals surface area contributed by atoms with E-state index in [0.717, 1.165) is 0 Å². The van der Waals surface area contributed by atoms with Crippen LogP contribution in [0.25, 0.3) is 0 Å². The summed E-state index contributed by atoms with van der Waals surface area (Å²) in [7, 11) is 0. The Morgan fingerprint density at radius 1 is 1.33 bits per heavy atom. The second-order valence-electron chi connectivity index (χ2n) is 2.98. The van der Waals surface area contributed by atoms with Crippen molar-refractivity contribution >= 4 is 11.4 Å². The van der Waals surface area contributed by atoms with Gasteiger partial charge in [-0.1, -0.05) is 12.1 Å². The lowest BCUT2D eigenvalue weighted by atomic mass is 10.2. The summed E-state index contributed by atoms with van der Waals surface area (Å²) in [6, 6.07) is 5.48. The monoisotopic (exact) mass is 212 g/mol. The average molecular weight is 212 g/mol. The summed E-state index contributed by atoms with van der Waals surface area (Å²) in [6.07, 6.45) is 0. The normalized spacial score (nSPS) is 10.3. The van der Waals surface area contributed by atoms with Gasteiger partial charge >= 0.3 is 0 Å². The third-order valence-corrected chi connectivity index (χ3v) is 1.90. The Labute approximate surface area is 86.3 Å². The molecule has 0 spiro atoms. The van der Waals surface area contributed by atoms with Crippen LogP contribution in [0.2, 0.25) is 0 Å². The van der Waals surface area contributed by atoms with Crippen LogP contribution >= 0.6 is 0 Å². The Kier molecular flexibility index (Phi) is 4.02. The summed E-state index contributed by atoms with van der Waals surface area (Å²) < 4.78 is 0. The van der Waals surface area contributed by atoms with E-state index in [1.165, 1.54) is 12.1 Å². The van der Waals surface area contributed by atoms with Gasteiger partial charge in [0, 0.05) is 6.07 Å². The van der Waals surface area contributed by atoms with Crippen LogP contribution in [0.3, 0.4) is 0 Å². The summed E-state index contributed by atoms with van der Waals surface area (Å²) in [6.45, 7) is -0.578. The maximum Gasteiger partial charge on any atom is 0.292 e. The average Bonchev–Trinajstić information content (AvgIpc) is 2.26. The summed E-state index contributed by atoms with van der Waals surface area (Å²) in [4.78, 5) is 10.1. The summed E-state index contributed by atoms with van der Waals surface area (Å²) in [5.41, 5.74) is 0.208. The van der Waals surface area contributed by atoms with Crippen LogP contribution in [0, 0.1) is 10.1 Å². The van der Waals surface area contributed by atoms with Crippen LogP contribution < -0.4 is 5.32 Å². The Bertz CT molecular complexity index is 339. The zero-order chi connectivity index (χ0) is 11.3. The molecule has 15 heavy (non-hydrogen) atoms. The van der Waals surface area contributed by atoms with Gasteiger partial charge < -0.3 is 15.5 Å². The number of rotatable bonds is 5. The highest BCUT2D eigenvalue weighted by molar-refractivity contribution is 5.61. The first-order valence-corrected chi connectivity index (χ1v) is 4.40. The third-order valence-electron chi connectivity index (χ3n) is 1.90. The molecule has 6 heteroatoms. The van der Waals surface area contributed by atoms with Crippen LogP contribution in [0.4, 0.5) is 11.4 Å². The lowest BCUT2D eigenvalue weighted by molar-refractivity contribution is -0.384. The van der Waals surface area contributed by atoms with Gasteiger partial charge in [0.05, 0.1) is 24.2 Å². The fourth-order valence-corrected chi connectivity index (χ4v) is 1.12. The Morgan fingerprint density at radius 2 is 1.93 bits per heavy atom. The quantitative estimate of drug-likeness (QED) is 0.483. The van der Waals surface area contributed by atoms with Crippen molar-refractivity contribution in [2.24, 2.45) is 0 Å². The molecule has 0 aliphatic heterocycles. The highest BCUT2D eigenvalue weighted by atomic mass is 16.6. The van der Waals surface area contributed by atoms with Crippen molar-refractivity contribution in [2.75, 3.05) is 18.5 Å². The molecule has 0 saturated heterocycles. The molecule has 0 radical (unpaired) electrons. The van der Waals surface area contributed by atoms with E-state index in [9.17, 15) is 10.1 Å². The minimum absolute atomic E-state index is 0.0793. The molecule has 6 nitrogen and oxygen atoms in total. The van der Waals surface area contributed by atoms with E-state index in [-0.39, 0.29) is 24.6 Å². The molecule has 3 N–H and O–H groups in total. The van der Waals surface area contributed by atoms with Gasteiger partial charge in [-0.3, -0.25) is 10.1 Å². The van der Waals surface area contributed by atoms with Crippen molar-refractivity contribution in [3.05, 3.63) is 34.4 Å². The number of nitrogens with one attached hydrogen (secondary N) is 1. The number of benzene rings is 1. The molecule has 0 aromatic heterocycles. The highest BCUT2D eigenvalue weighted by Crippen LogP contribution is 2.23.